The number of hydrogen-bond donors (Lipinski definition) is 0. The van der Waals surface area contributed by atoms with E-state index in [9.17, 15) is 19.3 Å². The van der Waals surface area contributed by atoms with Gasteiger partial charge in [-0.3, -0.25) is 10.1 Å². The van der Waals surface area contributed by atoms with Crippen molar-refractivity contribution < 1.29 is 18.8 Å². The fourth-order valence-electron chi connectivity index (χ4n) is 2.21. The molecule has 0 radical (unpaired) electrons. The van der Waals surface area contributed by atoms with E-state index in [2.05, 4.69) is 4.99 Å². The van der Waals surface area contributed by atoms with Gasteiger partial charge in [-0.1, -0.05) is 24.3 Å². The van der Waals surface area contributed by atoms with Crippen LogP contribution in [0.25, 0.3) is 6.08 Å². The predicted molar refractivity (Wildman–Crippen MR) is 89.2 cm³/mol. The summed E-state index contributed by atoms with van der Waals surface area (Å²) in [6.45, 7) is 0. The first-order chi connectivity index (χ1) is 12.0. The van der Waals surface area contributed by atoms with E-state index in [-0.39, 0.29) is 17.3 Å². The van der Waals surface area contributed by atoms with Gasteiger partial charge in [0, 0.05) is 11.6 Å². The van der Waals surface area contributed by atoms with Crippen molar-refractivity contribution in [2.45, 2.75) is 0 Å². The normalized spacial score (nSPS) is 15.5. The molecule has 0 spiro atoms. The largest absolute Gasteiger partial charge is 0.402 e. The molecule has 124 valence electrons. The van der Waals surface area contributed by atoms with Crippen molar-refractivity contribution in [1.82, 2.24) is 0 Å². The second kappa shape index (κ2) is 6.88. The molecule has 0 aromatic heterocycles. The minimum atomic E-state index is -0.675. The van der Waals surface area contributed by atoms with E-state index >= 15 is 0 Å². The Labute approximate surface area is 141 Å². The van der Waals surface area contributed by atoms with E-state index in [4.69, 9.17) is 4.74 Å². The van der Waals surface area contributed by atoms with Crippen molar-refractivity contribution in [2.75, 3.05) is 0 Å². The standard InChI is InChI=1S/C18H11FN2O4/c19-14-8-3-7-13(11-14)17-20-15(18(22)25-17)9-4-6-12-5-1-2-10-16(12)21(23)24/h1-11H/b6-4+,15-9-. The Morgan fingerprint density at radius 2 is 1.96 bits per heavy atom. The zero-order valence-corrected chi connectivity index (χ0v) is 12.8. The second-order valence-corrected chi connectivity index (χ2v) is 5.04. The van der Waals surface area contributed by atoms with Crippen LogP contribution in [0.1, 0.15) is 11.1 Å². The van der Waals surface area contributed by atoms with E-state index in [1.54, 1.807) is 24.3 Å². The summed E-state index contributed by atoms with van der Waals surface area (Å²) in [6, 6.07) is 11.7. The third-order valence-corrected chi connectivity index (χ3v) is 3.36. The first-order valence-electron chi connectivity index (χ1n) is 7.23. The first-order valence-corrected chi connectivity index (χ1v) is 7.23. The highest BCUT2D eigenvalue weighted by Gasteiger charge is 2.23. The number of ether oxygens (including phenoxy) is 1. The Balaban J connectivity index is 1.84. The number of aliphatic imine (C=N–C) groups is 1. The van der Waals surface area contributed by atoms with Crippen LogP contribution < -0.4 is 0 Å². The van der Waals surface area contributed by atoms with Gasteiger partial charge in [0.25, 0.3) is 5.69 Å². The average molecular weight is 338 g/mol. The maximum atomic E-state index is 13.2. The van der Waals surface area contributed by atoms with Crippen LogP contribution in [0.4, 0.5) is 10.1 Å². The van der Waals surface area contributed by atoms with E-state index in [1.165, 1.54) is 42.5 Å². The third kappa shape index (κ3) is 3.66. The molecule has 0 saturated heterocycles. The molecule has 1 aliphatic heterocycles. The molecule has 1 heterocycles. The molecule has 0 bridgehead atoms. The molecule has 25 heavy (non-hydrogen) atoms. The second-order valence-electron chi connectivity index (χ2n) is 5.04. The topological polar surface area (TPSA) is 81.8 Å². The smallest absolute Gasteiger partial charge is 0.363 e. The van der Waals surface area contributed by atoms with Gasteiger partial charge in [0.05, 0.1) is 10.5 Å². The molecule has 1 aliphatic rings. The number of nitrogens with zero attached hydrogens (tertiary/aromatic N) is 2. The van der Waals surface area contributed by atoms with Crippen LogP contribution in [-0.2, 0) is 9.53 Å². The number of hydrogen-bond acceptors (Lipinski definition) is 5. The molecule has 0 N–H and O–H groups in total. The van der Waals surface area contributed by atoms with Gasteiger partial charge in [-0.05, 0) is 36.4 Å². The van der Waals surface area contributed by atoms with Crippen molar-refractivity contribution in [3.63, 3.8) is 0 Å². The maximum Gasteiger partial charge on any atom is 0.363 e. The molecule has 0 atom stereocenters. The molecule has 6 nitrogen and oxygen atoms in total. The van der Waals surface area contributed by atoms with Crippen molar-refractivity contribution >= 4 is 23.6 Å². The number of esters is 1. The van der Waals surface area contributed by atoms with E-state index < -0.39 is 16.7 Å². The lowest BCUT2D eigenvalue weighted by Crippen LogP contribution is -2.05. The number of benzene rings is 2. The first kappa shape index (κ1) is 16.3. The van der Waals surface area contributed by atoms with Gasteiger partial charge in [-0.15, -0.1) is 0 Å². The lowest BCUT2D eigenvalue weighted by atomic mass is 10.1. The zero-order chi connectivity index (χ0) is 17.8. The van der Waals surface area contributed by atoms with Crippen LogP contribution in [0.3, 0.4) is 0 Å². The van der Waals surface area contributed by atoms with E-state index in [0.29, 0.717) is 11.1 Å². The highest BCUT2D eigenvalue weighted by Crippen LogP contribution is 2.20. The minimum Gasteiger partial charge on any atom is -0.402 e. The van der Waals surface area contributed by atoms with Crippen LogP contribution in [0.5, 0.6) is 0 Å². The number of allylic oxidation sites excluding steroid dienone is 2. The van der Waals surface area contributed by atoms with Gasteiger partial charge >= 0.3 is 5.97 Å². The molecule has 2 aromatic rings. The SMILES string of the molecule is O=C1OC(c2cccc(F)c2)=N/C1=C\C=C\c1ccccc1[N+](=O)[O-]. The molecule has 0 fully saturated rings. The molecular formula is C18H11FN2O4. The van der Waals surface area contributed by atoms with E-state index in [1.807, 2.05) is 0 Å². The summed E-state index contributed by atoms with van der Waals surface area (Å²) < 4.78 is 18.2. The van der Waals surface area contributed by atoms with Crippen LogP contribution in [0, 0.1) is 15.9 Å². The van der Waals surface area contributed by atoms with Gasteiger partial charge in [0.2, 0.25) is 5.90 Å². The summed E-state index contributed by atoms with van der Waals surface area (Å²) in [5.41, 5.74) is 0.716. The molecule has 2 aromatic carbocycles. The Morgan fingerprint density at radius 3 is 2.72 bits per heavy atom. The summed E-state index contributed by atoms with van der Waals surface area (Å²) in [5.74, 6) is -1.13. The highest BCUT2D eigenvalue weighted by atomic mass is 19.1. The van der Waals surface area contributed by atoms with Gasteiger partial charge in [0.1, 0.15) is 5.82 Å². The van der Waals surface area contributed by atoms with Crippen LogP contribution in [0.2, 0.25) is 0 Å². The summed E-state index contributed by atoms with van der Waals surface area (Å²) in [6.07, 6.45) is 4.34. The number of halogens is 1. The van der Waals surface area contributed by atoms with E-state index in [0.717, 1.165) is 0 Å². The number of cyclic esters (lactones) is 1. The molecule has 3 rings (SSSR count). The summed E-state index contributed by atoms with van der Waals surface area (Å²) in [4.78, 5) is 26.3. The number of carbonyl (C=O) groups is 1. The Bertz CT molecular complexity index is 948. The molecule has 0 saturated carbocycles. The van der Waals surface area contributed by atoms with Gasteiger partial charge in [0.15, 0.2) is 5.70 Å². The van der Waals surface area contributed by atoms with Crippen molar-refractivity contribution in [1.29, 1.82) is 0 Å². The number of rotatable bonds is 4. The minimum absolute atomic E-state index is 0.00911. The number of nitro groups is 1. The molecule has 0 amide bonds. The number of nitro benzene ring substituents is 1. The van der Waals surface area contributed by atoms with Gasteiger partial charge in [-0.2, -0.15) is 0 Å². The highest BCUT2D eigenvalue weighted by molar-refractivity contribution is 6.11. The number of carbonyl (C=O) groups excluding carboxylic acids is 1. The monoisotopic (exact) mass is 338 g/mol. The Hall–Kier alpha value is -3.61. The summed E-state index contributed by atoms with van der Waals surface area (Å²) in [5, 5.41) is 11.0. The maximum absolute atomic E-state index is 13.2. The Kier molecular flexibility index (Phi) is 4.47. The van der Waals surface area contributed by atoms with Crippen LogP contribution in [-0.4, -0.2) is 16.8 Å². The fourth-order valence-corrected chi connectivity index (χ4v) is 2.21. The zero-order valence-electron chi connectivity index (χ0n) is 12.8. The van der Waals surface area contributed by atoms with Crippen LogP contribution >= 0.6 is 0 Å². The van der Waals surface area contributed by atoms with Gasteiger partial charge < -0.3 is 4.74 Å². The number of para-hydroxylation sites is 1. The molecule has 0 unspecified atom stereocenters. The van der Waals surface area contributed by atoms with Crippen molar-refractivity contribution in [3.05, 3.63) is 93.4 Å². The summed E-state index contributed by atoms with van der Waals surface area (Å²) >= 11 is 0. The molecular weight excluding hydrogens is 327 g/mol. The lowest BCUT2D eigenvalue weighted by Gasteiger charge is -1.98. The Morgan fingerprint density at radius 1 is 1.16 bits per heavy atom. The van der Waals surface area contributed by atoms with Crippen LogP contribution in [0.15, 0.2) is 71.4 Å². The fraction of sp³-hybridized carbons (Fsp3) is 0. The lowest BCUT2D eigenvalue weighted by molar-refractivity contribution is -0.385. The average Bonchev–Trinajstić information content (AvgIpc) is 2.96. The van der Waals surface area contributed by atoms with Crippen molar-refractivity contribution in [3.8, 4) is 0 Å². The summed E-state index contributed by atoms with van der Waals surface area (Å²) in [7, 11) is 0. The predicted octanol–water partition coefficient (Wildman–Crippen LogP) is 3.63. The third-order valence-electron chi connectivity index (χ3n) is 3.36. The quantitative estimate of drug-likeness (QED) is 0.369. The molecule has 0 aliphatic carbocycles. The molecule has 7 heteroatoms. The van der Waals surface area contributed by atoms with Crippen molar-refractivity contribution in [2.24, 2.45) is 4.99 Å². The van der Waals surface area contributed by atoms with Gasteiger partial charge in [-0.25, -0.2) is 14.2 Å².